The van der Waals surface area contributed by atoms with E-state index in [1.165, 1.54) is 4.90 Å². The number of likely N-dealkylation sites (tertiary alicyclic amines) is 1. The zero-order chi connectivity index (χ0) is 21.6. The third-order valence-electron chi connectivity index (χ3n) is 5.53. The van der Waals surface area contributed by atoms with Gasteiger partial charge in [-0.3, -0.25) is 24.9 Å². The molecule has 0 aromatic carbocycles. The van der Waals surface area contributed by atoms with Gasteiger partial charge in [0.2, 0.25) is 12.3 Å². The Kier molecular flexibility index (Phi) is 8.01. The molecule has 0 spiro atoms. The number of carbonyl (C=O) groups is 4. The molecular formula is C20H34N4O5. The van der Waals surface area contributed by atoms with E-state index in [2.05, 4.69) is 10.6 Å². The van der Waals surface area contributed by atoms with Crippen LogP contribution < -0.4 is 10.6 Å². The number of nitrogens with one attached hydrogen (secondary N) is 2. The van der Waals surface area contributed by atoms with Crippen molar-refractivity contribution < 1.29 is 24.4 Å². The summed E-state index contributed by atoms with van der Waals surface area (Å²) in [7, 11) is 0. The number of amides is 5. The number of hydrogen-bond acceptors (Lipinski definition) is 5. The van der Waals surface area contributed by atoms with Gasteiger partial charge in [0.25, 0.3) is 5.91 Å². The van der Waals surface area contributed by atoms with Gasteiger partial charge < -0.3 is 10.2 Å². The van der Waals surface area contributed by atoms with Crippen LogP contribution in [0.1, 0.15) is 65.7 Å². The topological polar surface area (TPSA) is 119 Å². The predicted molar refractivity (Wildman–Crippen MR) is 106 cm³/mol. The minimum absolute atomic E-state index is 0.0891. The average Bonchev–Trinajstić information content (AvgIpc) is 3.30. The largest absolute Gasteiger partial charge is 0.333 e. The third kappa shape index (κ3) is 6.99. The lowest BCUT2D eigenvalue weighted by molar-refractivity contribution is -0.158. The van der Waals surface area contributed by atoms with Crippen LogP contribution in [-0.4, -0.2) is 64.1 Å². The molecular weight excluding hydrogens is 376 g/mol. The van der Waals surface area contributed by atoms with Crippen LogP contribution >= 0.6 is 0 Å². The molecule has 1 saturated heterocycles. The zero-order valence-electron chi connectivity index (χ0n) is 17.6. The Morgan fingerprint density at radius 1 is 1.17 bits per heavy atom. The Morgan fingerprint density at radius 3 is 2.41 bits per heavy atom. The first-order valence-corrected chi connectivity index (χ1v) is 10.4. The summed E-state index contributed by atoms with van der Waals surface area (Å²) in [5.74, 6) is -0.929. The van der Waals surface area contributed by atoms with Gasteiger partial charge in [-0.05, 0) is 46.0 Å². The van der Waals surface area contributed by atoms with Crippen molar-refractivity contribution in [3.63, 3.8) is 0 Å². The van der Waals surface area contributed by atoms with Crippen LogP contribution in [0.3, 0.4) is 0 Å². The van der Waals surface area contributed by atoms with Crippen molar-refractivity contribution in [3.05, 3.63) is 0 Å². The van der Waals surface area contributed by atoms with Crippen molar-refractivity contribution in [1.29, 1.82) is 0 Å². The molecule has 3 N–H and O–H groups in total. The molecule has 9 heteroatoms. The van der Waals surface area contributed by atoms with Crippen LogP contribution in [0.25, 0.3) is 0 Å². The van der Waals surface area contributed by atoms with Gasteiger partial charge in [0.05, 0.1) is 12.5 Å². The molecule has 29 heavy (non-hydrogen) atoms. The molecule has 5 amide bonds. The van der Waals surface area contributed by atoms with Gasteiger partial charge in [0.15, 0.2) is 0 Å². The van der Waals surface area contributed by atoms with Gasteiger partial charge in [0.1, 0.15) is 6.04 Å². The van der Waals surface area contributed by atoms with Gasteiger partial charge in [0, 0.05) is 12.1 Å². The maximum absolute atomic E-state index is 13.2. The quantitative estimate of drug-likeness (QED) is 0.335. The van der Waals surface area contributed by atoms with E-state index in [-0.39, 0.29) is 12.5 Å². The summed E-state index contributed by atoms with van der Waals surface area (Å²) in [5, 5.41) is 15.2. The van der Waals surface area contributed by atoms with Crippen molar-refractivity contribution in [2.24, 2.45) is 11.8 Å². The molecule has 9 nitrogen and oxygen atoms in total. The van der Waals surface area contributed by atoms with E-state index in [1.807, 2.05) is 20.8 Å². The normalized spacial score (nSPS) is 21.0. The van der Waals surface area contributed by atoms with Crippen molar-refractivity contribution in [1.82, 2.24) is 20.6 Å². The van der Waals surface area contributed by atoms with Crippen molar-refractivity contribution in [2.75, 3.05) is 13.1 Å². The number of hydroxylamine groups is 2. The first-order valence-electron chi connectivity index (χ1n) is 10.4. The highest BCUT2D eigenvalue weighted by molar-refractivity contribution is 5.99. The van der Waals surface area contributed by atoms with Crippen LogP contribution in [0.4, 0.5) is 4.79 Å². The fraction of sp³-hybridized carbons (Fsp3) is 0.800. The van der Waals surface area contributed by atoms with Gasteiger partial charge in [-0.15, -0.1) is 0 Å². The van der Waals surface area contributed by atoms with Crippen LogP contribution in [-0.2, 0) is 14.4 Å². The van der Waals surface area contributed by atoms with Crippen molar-refractivity contribution in [2.45, 2.75) is 77.3 Å². The second-order valence-corrected chi connectivity index (χ2v) is 9.19. The lowest BCUT2D eigenvalue weighted by Crippen LogP contribution is -2.54. The second-order valence-electron chi connectivity index (χ2n) is 9.19. The number of urea groups is 1. The number of imide groups is 1. The van der Waals surface area contributed by atoms with Gasteiger partial charge in [-0.2, -0.15) is 0 Å². The van der Waals surface area contributed by atoms with E-state index in [0.29, 0.717) is 43.2 Å². The monoisotopic (exact) mass is 410 g/mol. The summed E-state index contributed by atoms with van der Waals surface area (Å²) < 4.78 is 0. The van der Waals surface area contributed by atoms with Crippen molar-refractivity contribution >= 4 is 24.3 Å². The Hall–Kier alpha value is -2.16. The van der Waals surface area contributed by atoms with E-state index in [9.17, 15) is 24.4 Å². The molecule has 0 bridgehead atoms. The average molecular weight is 411 g/mol. The Labute approximate surface area is 172 Å². The lowest BCUT2D eigenvalue weighted by Gasteiger charge is -2.30. The maximum Gasteiger partial charge on any atom is 0.321 e. The summed E-state index contributed by atoms with van der Waals surface area (Å²) in [6.07, 6.45) is 6.34. The van der Waals surface area contributed by atoms with Crippen molar-refractivity contribution in [3.8, 4) is 0 Å². The molecule has 2 aliphatic rings. The summed E-state index contributed by atoms with van der Waals surface area (Å²) in [5.41, 5.74) is -0.485. The number of carbonyl (C=O) groups excluding carboxylic acids is 4. The van der Waals surface area contributed by atoms with E-state index in [0.717, 1.165) is 25.7 Å². The highest BCUT2D eigenvalue weighted by Gasteiger charge is 2.39. The molecule has 1 aliphatic heterocycles. The number of hydrogen-bond donors (Lipinski definition) is 3. The first kappa shape index (κ1) is 23.1. The Balaban J connectivity index is 2.04. The molecule has 0 unspecified atom stereocenters. The molecule has 2 atom stereocenters. The standard InChI is InChI=1S/C20H34N4O5/c1-20(2,3)22-19(28)21-17(26)16-9-6-10-24(16)18(27)15(12-23(29)13-25)11-14-7-4-5-8-14/h13-16,29H,4-12H2,1-3H3,(H2,21,22,26,28)/t15-,16+/m1/s1. The number of rotatable bonds is 7. The SMILES string of the molecule is CC(C)(C)NC(=O)NC(=O)[C@@H]1CCCN1C(=O)[C@H](CC1CCCC1)CN(O)C=O. The molecule has 2 rings (SSSR count). The Bertz CT molecular complexity index is 612. The van der Waals surface area contributed by atoms with Crippen LogP contribution in [0.15, 0.2) is 0 Å². The van der Waals surface area contributed by atoms with E-state index in [4.69, 9.17) is 0 Å². The fourth-order valence-corrected chi connectivity index (χ4v) is 4.28. The molecule has 2 fully saturated rings. The smallest absolute Gasteiger partial charge is 0.321 e. The highest BCUT2D eigenvalue weighted by Crippen LogP contribution is 2.32. The summed E-state index contributed by atoms with van der Waals surface area (Å²) in [6, 6.07) is -1.31. The first-order chi connectivity index (χ1) is 13.6. The molecule has 164 valence electrons. The van der Waals surface area contributed by atoms with Crippen LogP contribution in [0.5, 0.6) is 0 Å². The van der Waals surface area contributed by atoms with Gasteiger partial charge in [-0.1, -0.05) is 25.7 Å². The van der Waals surface area contributed by atoms with E-state index < -0.39 is 29.4 Å². The van der Waals surface area contributed by atoms with E-state index in [1.54, 1.807) is 0 Å². The molecule has 0 radical (unpaired) electrons. The highest BCUT2D eigenvalue weighted by atomic mass is 16.5. The lowest BCUT2D eigenvalue weighted by atomic mass is 9.91. The fourth-order valence-electron chi connectivity index (χ4n) is 4.28. The molecule has 0 aromatic rings. The third-order valence-corrected chi connectivity index (χ3v) is 5.53. The molecule has 1 saturated carbocycles. The van der Waals surface area contributed by atoms with Crippen LogP contribution in [0.2, 0.25) is 0 Å². The maximum atomic E-state index is 13.2. The van der Waals surface area contributed by atoms with Gasteiger partial charge in [-0.25, -0.2) is 9.86 Å². The zero-order valence-corrected chi connectivity index (χ0v) is 17.6. The summed E-state index contributed by atoms with van der Waals surface area (Å²) >= 11 is 0. The second kappa shape index (κ2) is 10.0. The minimum atomic E-state index is -0.720. The predicted octanol–water partition coefficient (Wildman–Crippen LogP) is 1.65. The summed E-state index contributed by atoms with van der Waals surface area (Å²) in [6.45, 7) is 5.76. The minimum Gasteiger partial charge on any atom is -0.333 e. The number of nitrogens with zero attached hydrogens (tertiary/aromatic N) is 2. The molecule has 1 aliphatic carbocycles. The van der Waals surface area contributed by atoms with Gasteiger partial charge >= 0.3 is 6.03 Å². The van der Waals surface area contributed by atoms with E-state index >= 15 is 0 Å². The molecule has 0 aromatic heterocycles. The summed E-state index contributed by atoms with van der Waals surface area (Å²) in [4.78, 5) is 50.2. The Morgan fingerprint density at radius 2 is 1.83 bits per heavy atom. The van der Waals surface area contributed by atoms with Crippen LogP contribution in [0, 0.1) is 11.8 Å². The molecule has 1 heterocycles.